The van der Waals surface area contributed by atoms with Crippen molar-refractivity contribution in [3.8, 4) is 0 Å². The highest BCUT2D eigenvalue weighted by Crippen LogP contribution is 2.71. The van der Waals surface area contributed by atoms with E-state index in [-0.39, 0.29) is 30.5 Å². The maximum Gasteiger partial charge on any atom is 0.306 e. The first-order valence-corrected chi connectivity index (χ1v) is 12.7. The van der Waals surface area contributed by atoms with Gasteiger partial charge in [0.15, 0.2) is 5.78 Å². The third-order valence-electron chi connectivity index (χ3n) is 11.4. The number of fused-ring (bicyclic) bond motifs is 4. The monoisotopic (exact) mass is 474 g/mol. The molecule has 9 atom stereocenters. The van der Waals surface area contributed by atoms with Crippen LogP contribution in [0.2, 0.25) is 0 Å². The standard InChI is InChI=1S/C27H38O7/c1-23(2)14-11-13(28)19-20(24(14,3)9-7-16(23)29)21(32)22(33)26(5)15(12-17(30)27(19,26)6)25(4)10-8-18(31)34-25/h13-16,22,28-29,33H,7-12H2,1-6H3/t13?,14-,15+,16?,22?,24-,25-,26-,27-/m0/s1. The van der Waals surface area contributed by atoms with Gasteiger partial charge < -0.3 is 20.1 Å². The van der Waals surface area contributed by atoms with Crippen molar-refractivity contribution in [2.75, 3.05) is 0 Å². The highest BCUT2D eigenvalue weighted by molar-refractivity contribution is 6.07. The van der Waals surface area contributed by atoms with Gasteiger partial charge in [0.1, 0.15) is 17.5 Å². The molecule has 3 N–H and O–H groups in total. The Bertz CT molecular complexity index is 1030. The zero-order valence-electron chi connectivity index (χ0n) is 21.1. The number of Topliss-reactive ketones (excluding diaryl/α,β-unsaturated/α-hetero) is 2. The first kappa shape index (κ1) is 24.1. The lowest BCUT2D eigenvalue weighted by molar-refractivity contribution is -0.174. The molecule has 188 valence electrons. The zero-order chi connectivity index (χ0) is 25.2. The van der Waals surface area contributed by atoms with Crippen molar-refractivity contribution < 1.29 is 34.4 Å². The molecule has 1 heterocycles. The Morgan fingerprint density at radius 3 is 2.15 bits per heavy atom. The Morgan fingerprint density at radius 2 is 1.56 bits per heavy atom. The quantitative estimate of drug-likeness (QED) is 0.499. The van der Waals surface area contributed by atoms with Crippen molar-refractivity contribution in [3.05, 3.63) is 11.1 Å². The van der Waals surface area contributed by atoms with Gasteiger partial charge in [-0.05, 0) is 61.9 Å². The Balaban J connectivity index is 1.73. The van der Waals surface area contributed by atoms with Crippen LogP contribution in [-0.2, 0) is 19.1 Å². The van der Waals surface area contributed by atoms with Crippen molar-refractivity contribution in [3.63, 3.8) is 0 Å². The minimum absolute atomic E-state index is 0.0783. The van der Waals surface area contributed by atoms with Gasteiger partial charge in [-0.25, -0.2) is 0 Å². The predicted molar refractivity (Wildman–Crippen MR) is 122 cm³/mol. The van der Waals surface area contributed by atoms with E-state index in [1.54, 1.807) is 20.8 Å². The van der Waals surface area contributed by atoms with Crippen molar-refractivity contribution in [2.45, 2.75) is 104 Å². The van der Waals surface area contributed by atoms with Crippen LogP contribution >= 0.6 is 0 Å². The van der Waals surface area contributed by atoms with Crippen molar-refractivity contribution in [2.24, 2.45) is 33.5 Å². The van der Waals surface area contributed by atoms with E-state index in [2.05, 4.69) is 0 Å². The van der Waals surface area contributed by atoms with Crippen molar-refractivity contribution >= 4 is 17.5 Å². The fraction of sp³-hybridized carbons (Fsp3) is 0.815. The molecule has 3 fully saturated rings. The fourth-order valence-corrected chi connectivity index (χ4v) is 9.08. The molecule has 0 aromatic rings. The van der Waals surface area contributed by atoms with E-state index >= 15 is 0 Å². The number of ketones is 2. The largest absolute Gasteiger partial charge is 0.459 e. The van der Waals surface area contributed by atoms with E-state index in [1.165, 1.54) is 0 Å². The van der Waals surface area contributed by atoms with Crippen molar-refractivity contribution in [1.82, 2.24) is 0 Å². The van der Waals surface area contributed by atoms with Gasteiger partial charge in [0.25, 0.3) is 0 Å². The summed E-state index contributed by atoms with van der Waals surface area (Å²) in [6, 6.07) is 0. The fourth-order valence-electron chi connectivity index (χ4n) is 9.08. The summed E-state index contributed by atoms with van der Waals surface area (Å²) in [5.74, 6) is -1.61. The molecule has 1 aliphatic heterocycles. The number of esters is 1. The van der Waals surface area contributed by atoms with E-state index in [1.807, 2.05) is 20.8 Å². The van der Waals surface area contributed by atoms with E-state index in [4.69, 9.17) is 4.74 Å². The minimum atomic E-state index is -1.46. The number of cyclic esters (lactones) is 1. The van der Waals surface area contributed by atoms with Crippen LogP contribution in [0.1, 0.15) is 80.1 Å². The molecule has 4 aliphatic carbocycles. The summed E-state index contributed by atoms with van der Waals surface area (Å²) in [4.78, 5) is 40.0. The third kappa shape index (κ3) is 2.51. The molecule has 0 spiro atoms. The Morgan fingerprint density at radius 1 is 0.912 bits per heavy atom. The molecule has 2 saturated carbocycles. The number of hydrogen-bond acceptors (Lipinski definition) is 7. The van der Waals surface area contributed by atoms with Gasteiger partial charge in [0.2, 0.25) is 0 Å². The average Bonchev–Trinajstić information content (AvgIpc) is 3.21. The molecule has 5 rings (SSSR count). The van der Waals surface area contributed by atoms with Crippen LogP contribution < -0.4 is 0 Å². The van der Waals surface area contributed by atoms with Crippen LogP contribution in [0, 0.1) is 33.5 Å². The molecule has 0 bridgehead atoms. The van der Waals surface area contributed by atoms with Gasteiger partial charge in [0, 0.05) is 29.7 Å². The maximum absolute atomic E-state index is 14.1. The van der Waals surface area contributed by atoms with Crippen LogP contribution in [-0.4, -0.2) is 56.8 Å². The third-order valence-corrected chi connectivity index (χ3v) is 11.4. The second kappa shape index (κ2) is 6.80. The number of ether oxygens (including phenoxy) is 1. The summed E-state index contributed by atoms with van der Waals surface area (Å²) in [6.07, 6.45) is -0.891. The lowest BCUT2D eigenvalue weighted by Crippen LogP contribution is -2.65. The summed E-state index contributed by atoms with van der Waals surface area (Å²) in [5, 5.41) is 34.0. The first-order chi connectivity index (χ1) is 15.6. The number of hydrogen-bond donors (Lipinski definition) is 3. The van der Waals surface area contributed by atoms with E-state index < -0.39 is 57.3 Å². The minimum Gasteiger partial charge on any atom is -0.459 e. The van der Waals surface area contributed by atoms with Gasteiger partial charge >= 0.3 is 5.97 Å². The van der Waals surface area contributed by atoms with Gasteiger partial charge in [0.05, 0.1) is 17.6 Å². The van der Waals surface area contributed by atoms with E-state index in [9.17, 15) is 29.7 Å². The van der Waals surface area contributed by atoms with Gasteiger partial charge in [-0.2, -0.15) is 0 Å². The molecule has 5 aliphatic rings. The number of carbonyl (C=O) groups excluding carboxylic acids is 3. The number of aliphatic hydroxyl groups excluding tert-OH is 3. The second-order valence-electron chi connectivity index (χ2n) is 13.0. The van der Waals surface area contributed by atoms with Crippen LogP contribution in [0.4, 0.5) is 0 Å². The molecule has 1 saturated heterocycles. The highest BCUT2D eigenvalue weighted by Gasteiger charge is 2.75. The molecule has 0 aromatic carbocycles. The van der Waals surface area contributed by atoms with Crippen LogP contribution in [0.5, 0.6) is 0 Å². The highest BCUT2D eigenvalue weighted by atomic mass is 16.6. The molecule has 34 heavy (non-hydrogen) atoms. The Hall–Kier alpha value is -1.57. The smallest absolute Gasteiger partial charge is 0.306 e. The average molecular weight is 475 g/mol. The van der Waals surface area contributed by atoms with E-state index in [0.29, 0.717) is 36.8 Å². The van der Waals surface area contributed by atoms with Crippen LogP contribution in [0.25, 0.3) is 0 Å². The molecule has 0 aromatic heterocycles. The lowest BCUT2D eigenvalue weighted by Gasteiger charge is -2.62. The van der Waals surface area contributed by atoms with Gasteiger partial charge in [-0.3, -0.25) is 14.4 Å². The molecule has 7 nitrogen and oxygen atoms in total. The second-order valence-corrected chi connectivity index (χ2v) is 13.0. The lowest BCUT2D eigenvalue weighted by atomic mass is 9.41. The van der Waals surface area contributed by atoms with E-state index in [0.717, 1.165) is 0 Å². The topological polar surface area (TPSA) is 121 Å². The van der Waals surface area contributed by atoms with Crippen molar-refractivity contribution in [1.29, 1.82) is 0 Å². The number of aliphatic hydroxyl groups is 3. The normalized spacial score (nSPS) is 52.3. The summed E-state index contributed by atoms with van der Waals surface area (Å²) < 4.78 is 5.71. The summed E-state index contributed by atoms with van der Waals surface area (Å²) in [5.41, 5.74) is -3.78. The number of carbonyl (C=O) groups is 3. The predicted octanol–water partition coefficient (Wildman–Crippen LogP) is 2.49. The first-order valence-electron chi connectivity index (χ1n) is 12.7. The molecular formula is C27H38O7. The molecule has 3 unspecified atom stereocenters. The Labute approximate surface area is 200 Å². The maximum atomic E-state index is 14.1. The Kier molecular flexibility index (Phi) is 4.83. The van der Waals surface area contributed by atoms with Gasteiger partial charge in [-0.15, -0.1) is 0 Å². The molecular weight excluding hydrogens is 436 g/mol. The SMILES string of the molecule is CC1(C)C(O)CC[C@]2(C)C3=C(C(O)C[C@@H]12)[C@]1(C)C(=O)C[C@H]([C@]2(C)CCC(=O)O2)[C@@]1(C)C(O)C3=O. The van der Waals surface area contributed by atoms with Crippen LogP contribution in [0.3, 0.4) is 0 Å². The summed E-state index contributed by atoms with van der Waals surface area (Å²) in [6.45, 7) is 11.3. The van der Waals surface area contributed by atoms with Crippen LogP contribution in [0.15, 0.2) is 11.1 Å². The molecule has 0 radical (unpaired) electrons. The zero-order valence-corrected chi connectivity index (χ0v) is 21.1. The summed E-state index contributed by atoms with van der Waals surface area (Å²) in [7, 11) is 0. The molecule has 7 heteroatoms. The molecule has 0 amide bonds. The van der Waals surface area contributed by atoms with Gasteiger partial charge in [-0.1, -0.05) is 27.7 Å². The number of rotatable bonds is 1. The summed E-state index contributed by atoms with van der Waals surface area (Å²) >= 11 is 0.